The van der Waals surface area contributed by atoms with Crippen LogP contribution in [0.15, 0.2) is 30.6 Å². The summed E-state index contributed by atoms with van der Waals surface area (Å²) in [6.07, 6.45) is -2.03. The van der Waals surface area contributed by atoms with Crippen molar-refractivity contribution in [1.82, 2.24) is 19.6 Å². The Bertz CT molecular complexity index is 1010. The largest absolute Gasteiger partial charge is 0.419 e. The van der Waals surface area contributed by atoms with Crippen LogP contribution in [0.3, 0.4) is 0 Å². The number of anilines is 2. The summed E-state index contributed by atoms with van der Waals surface area (Å²) >= 11 is 0. The van der Waals surface area contributed by atoms with Crippen LogP contribution in [0.4, 0.5) is 29.2 Å². The molecule has 1 aliphatic carbocycles. The monoisotopic (exact) mass is 380 g/mol. The van der Waals surface area contributed by atoms with Gasteiger partial charge >= 0.3 is 6.18 Å². The van der Waals surface area contributed by atoms with Gasteiger partial charge < -0.3 is 10.2 Å². The number of alkyl halides is 3. The Labute approximate surface area is 151 Å². The lowest BCUT2D eigenvalue weighted by Gasteiger charge is -2.22. The zero-order chi connectivity index (χ0) is 19.4. The van der Waals surface area contributed by atoms with E-state index in [1.807, 2.05) is 14.1 Å². The Balaban J connectivity index is 1.72. The molecule has 0 saturated heterocycles. The number of benzene rings is 1. The number of aromatic nitrogens is 4. The molecular weight excluding hydrogens is 364 g/mol. The molecular formula is C17H16F4N6. The third-order valence-corrected chi connectivity index (χ3v) is 4.64. The van der Waals surface area contributed by atoms with Crippen LogP contribution >= 0.6 is 0 Å². The summed E-state index contributed by atoms with van der Waals surface area (Å²) in [5, 5.41) is 7.43. The third-order valence-electron chi connectivity index (χ3n) is 4.64. The highest BCUT2D eigenvalue weighted by atomic mass is 19.4. The SMILES string of the molecule is CN(C)c1cc(NC2(c3ccc(C(F)(F)F)c(F)c3)CC2)n2ncnc2n1. The molecule has 0 radical (unpaired) electrons. The summed E-state index contributed by atoms with van der Waals surface area (Å²) in [4.78, 5) is 10.3. The predicted octanol–water partition coefficient (Wildman–Crippen LogP) is 3.45. The van der Waals surface area contributed by atoms with Crippen molar-refractivity contribution in [2.24, 2.45) is 0 Å². The number of nitrogens with zero attached hydrogens (tertiary/aromatic N) is 5. The molecule has 0 atom stereocenters. The van der Waals surface area contributed by atoms with E-state index in [0.717, 1.165) is 12.1 Å². The highest BCUT2D eigenvalue weighted by Crippen LogP contribution is 2.49. The van der Waals surface area contributed by atoms with Gasteiger partial charge in [0.05, 0.1) is 11.1 Å². The first-order chi connectivity index (χ1) is 12.7. The van der Waals surface area contributed by atoms with Gasteiger partial charge in [0.25, 0.3) is 5.78 Å². The van der Waals surface area contributed by atoms with Crippen molar-refractivity contribution < 1.29 is 17.6 Å². The van der Waals surface area contributed by atoms with Crippen molar-refractivity contribution in [3.8, 4) is 0 Å². The van der Waals surface area contributed by atoms with E-state index in [2.05, 4.69) is 20.4 Å². The zero-order valence-corrected chi connectivity index (χ0v) is 14.5. The van der Waals surface area contributed by atoms with Crippen LogP contribution in [0.1, 0.15) is 24.0 Å². The second-order valence-electron chi connectivity index (χ2n) is 6.77. The van der Waals surface area contributed by atoms with E-state index in [9.17, 15) is 17.6 Å². The van der Waals surface area contributed by atoms with Gasteiger partial charge in [-0.05, 0) is 30.5 Å². The van der Waals surface area contributed by atoms with Crippen molar-refractivity contribution in [2.75, 3.05) is 24.3 Å². The molecule has 0 aliphatic heterocycles. The van der Waals surface area contributed by atoms with Crippen LogP contribution in [0.25, 0.3) is 5.78 Å². The third kappa shape index (κ3) is 3.04. The number of fused-ring (bicyclic) bond motifs is 1. The molecule has 1 aliphatic rings. The molecule has 10 heteroatoms. The lowest BCUT2D eigenvalue weighted by molar-refractivity contribution is -0.140. The Morgan fingerprint density at radius 2 is 1.93 bits per heavy atom. The first kappa shape index (κ1) is 17.5. The van der Waals surface area contributed by atoms with Crippen molar-refractivity contribution in [1.29, 1.82) is 0 Å². The minimum atomic E-state index is -4.72. The second kappa shape index (κ2) is 5.80. The van der Waals surface area contributed by atoms with Gasteiger partial charge in [-0.2, -0.15) is 32.8 Å². The molecule has 1 N–H and O–H groups in total. The quantitative estimate of drug-likeness (QED) is 0.703. The van der Waals surface area contributed by atoms with Crippen LogP contribution in [-0.2, 0) is 11.7 Å². The topological polar surface area (TPSA) is 58.4 Å². The predicted molar refractivity (Wildman–Crippen MR) is 91.0 cm³/mol. The zero-order valence-electron chi connectivity index (χ0n) is 14.5. The van der Waals surface area contributed by atoms with Crippen LogP contribution in [0.2, 0.25) is 0 Å². The fourth-order valence-electron chi connectivity index (χ4n) is 3.02. The average molecular weight is 380 g/mol. The van der Waals surface area contributed by atoms with E-state index in [4.69, 9.17) is 0 Å². The van der Waals surface area contributed by atoms with Crippen LogP contribution in [0, 0.1) is 5.82 Å². The van der Waals surface area contributed by atoms with Gasteiger partial charge in [-0.15, -0.1) is 0 Å². The van der Waals surface area contributed by atoms with Gasteiger partial charge in [0.15, 0.2) is 0 Å². The molecule has 0 amide bonds. The highest BCUT2D eigenvalue weighted by Gasteiger charge is 2.46. The Kier molecular flexibility index (Phi) is 3.76. The maximum atomic E-state index is 14.0. The minimum Gasteiger partial charge on any atom is -0.363 e. The smallest absolute Gasteiger partial charge is 0.363 e. The van der Waals surface area contributed by atoms with Crippen molar-refractivity contribution in [3.05, 3.63) is 47.5 Å². The molecule has 0 unspecified atom stereocenters. The van der Waals surface area contributed by atoms with Crippen LogP contribution in [0.5, 0.6) is 0 Å². The van der Waals surface area contributed by atoms with Gasteiger partial charge in [-0.25, -0.2) is 4.39 Å². The van der Waals surface area contributed by atoms with Gasteiger partial charge in [0.1, 0.15) is 23.8 Å². The number of halogens is 4. The number of hydrogen-bond acceptors (Lipinski definition) is 5. The fraction of sp³-hybridized carbons (Fsp3) is 0.353. The number of nitrogens with one attached hydrogen (secondary N) is 1. The summed E-state index contributed by atoms with van der Waals surface area (Å²) < 4.78 is 54.0. The first-order valence-corrected chi connectivity index (χ1v) is 8.23. The molecule has 27 heavy (non-hydrogen) atoms. The van der Waals surface area contributed by atoms with Gasteiger partial charge in [-0.1, -0.05) is 6.07 Å². The van der Waals surface area contributed by atoms with E-state index in [1.54, 1.807) is 11.0 Å². The molecule has 1 fully saturated rings. The summed E-state index contributed by atoms with van der Waals surface area (Å²) in [6, 6.07) is 4.82. The molecule has 142 valence electrons. The van der Waals surface area contributed by atoms with Gasteiger partial charge in [0.2, 0.25) is 0 Å². The van der Waals surface area contributed by atoms with Crippen LogP contribution < -0.4 is 10.2 Å². The molecule has 0 bridgehead atoms. The molecule has 1 aromatic carbocycles. The van der Waals surface area contributed by atoms with E-state index < -0.39 is 23.1 Å². The average Bonchev–Trinajstić information content (AvgIpc) is 3.20. The summed E-state index contributed by atoms with van der Waals surface area (Å²) in [5.74, 6) is 0.340. The molecule has 2 heterocycles. The second-order valence-corrected chi connectivity index (χ2v) is 6.77. The number of rotatable bonds is 4. The summed E-state index contributed by atoms with van der Waals surface area (Å²) in [5.41, 5.74) is -1.45. The number of hydrogen-bond donors (Lipinski definition) is 1. The summed E-state index contributed by atoms with van der Waals surface area (Å²) in [7, 11) is 3.66. The molecule has 4 rings (SSSR count). The lowest BCUT2D eigenvalue weighted by atomic mass is 10.0. The normalized spacial score (nSPS) is 15.8. The van der Waals surface area contributed by atoms with Crippen molar-refractivity contribution >= 4 is 17.4 Å². The standard InChI is InChI=1S/C17H16F4N6/c1-26(2)13-8-14(27-15(24-13)22-9-23-27)25-16(5-6-16)10-3-4-11(12(18)7-10)17(19,20)21/h3-4,7-9,25H,5-6H2,1-2H3. The molecule has 3 aromatic rings. The molecule has 6 nitrogen and oxygen atoms in total. The lowest BCUT2D eigenvalue weighted by Crippen LogP contribution is -2.22. The van der Waals surface area contributed by atoms with E-state index >= 15 is 0 Å². The van der Waals surface area contributed by atoms with Crippen molar-refractivity contribution in [3.63, 3.8) is 0 Å². The maximum Gasteiger partial charge on any atom is 0.419 e. The molecule has 2 aromatic heterocycles. The highest BCUT2D eigenvalue weighted by molar-refractivity contribution is 5.57. The minimum absolute atomic E-state index is 0.387. The van der Waals surface area contributed by atoms with E-state index in [0.29, 0.717) is 35.8 Å². The Hall–Kier alpha value is -2.91. The van der Waals surface area contributed by atoms with Gasteiger partial charge in [-0.3, -0.25) is 0 Å². The van der Waals surface area contributed by atoms with E-state index in [1.165, 1.54) is 16.9 Å². The van der Waals surface area contributed by atoms with Crippen LogP contribution in [-0.4, -0.2) is 33.7 Å². The van der Waals surface area contributed by atoms with E-state index in [-0.39, 0.29) is 0 Å². The Morgan fingerprint density at radius 1 is 1.19 bits per heavy atom. The van der Waals surface area contributed by atoms with Gasteiger partial charge in [0, 0.05) is 20.2 Å². The molecule has 0 spiro atoms. The fourth-order valence-corrected chi connectivity index (χ4v) is 3.02. The maximum absolute atomic E-state index is 14.0. The molecule has 1 saturated carbocycles. The first-order valence-electron chi connectivity index (χ1n) is 8.23. The Morgan fingerprint density at radius 3 is 2.52 bits per heavy atom. The summed E-state index contributed by atoms with van der Waals surface area (Å²) in [6.45, 7) is 0. The van der Waals surface area contributed by atoms with Crippen molar-refractivity contribution in [2.45, 2.75) is 24.6 Å².